The number of amides is 2. The van der Waals surface area contributed by atoms with Crippen LogP contribution in [0.25, 0.3) is 0 Å². The van der Waals surface area contributed by atoms with E-state index in [1.54, 1.807) is 0 Å². The minimum Gasteiger partial charge on any atom is -0.387 e. The molecule has 2 atom stereocenters. The van der Waals surface area contributed by atoms with Crippen LogP contribution in [-0.4, -0.2) is 28.3 Å². The number of aliphatic hydroxyl groups excluding tert-OH is 1. The summed E-state index contributed by atoms with van der Waals surface area (Å²) < 4.78 is 2.09. The van der Waals surface area contributed by atoms with Gasteiger partial charge in [0.1, 0.15) is 0 Å². The van der Waals surface area contributed by atoms with Crippen molar-refractivity contribution in [1.82, 2.24) is 15.2 Å². The molecule has 2 aromatic rings. The number of urea groups is 1. The summed E-state index contributed by atoms with van der Waals surface area (Å²) in [6.45, 7) is 2.20. The molecule has 3 N–H and O–H groups in total. The van der Waals surface area contributed by atoms with Gasteiger partial charge in [0.2, 0.25) is 0 Å². The van der Waals surface area contributed by atoms with Crippen molar-refractivity contribution in [1.29, 1.82) is 0 Å². The Balaban J connectivity index is 1.67. The number of carbonyl (C=O) groups excluding carboxylic acids is 1. The smallest absolute Gasteiger partial charge is 0.315 e. The van der Waals surface area contributed by atoms with Gasteiger partial charge in [0.25, 0.3) is 0 Å². The Morgan fingerprint density at radius 1 is 1.45 bits per heavy atom. The number of thiophene rings is 1. The Bertz CT molecular complexity index is 580. The van der Waals surface area contributed by atoms with Gasteiger partial charge in [-0.25, -0.2) is 4.79 Å². The third-order valence-electron chi connectivity index (χ3n) is 3.65. The molecule has 0 aromatic carbocycles. The van der Waals surface area contributed by atoms with E-state index in [1.165, 1.54) is 17.0 Å². The fraction of sp³-hybridized carbons (Fsp3) is 0.438. The van der Waals surface area contributed by atoms with E-state index in [0.717, 1.165) is 18.4 Å². The predicted octanol–water partition coefficient (Wildman–Crippen LogP) is 2.44. The summed E-state index contributed by atoms with van der Waals surface area (Å²) in [5.41, 5.74) is 2.09. The highest BCUT2D eigenvalue weighted by atomic mass is 32.1. The summed E-state index contributed by atoms with van der Waals surface area (Å²) in [5, 5.41) is 19.3. The molecule has 6 heteroatoms. The number of hydrogen-bond acceptors (Lipinski definition) is 3. The van der Waals surface area contributed by atoms with Gasteiger partial charge in [0.05, 0.1) is 6.10 Å². The van der Waals surface area contributed by atoms with Gasteiger partial charge in [-0.05, 0) is 54.3 Å². The van der Waals surface area contributed by atoms with Gasteiger partial charge >= 0.3 is 6.03 Å². The Labute approximate surface area is 135 Å². The number of nitrogens with one attached hydrogen (secondary N) is 2. The maximum Gasteiger partial charge on any atom is 0.315 e. The third-order valence-corrected chi connectivity index (χ3v) is 4.35. The van der Waals surface area contributed by atoms with Crippen LogP contribution in [0.5, 0.6) is 0 Å². The number of rotatable bonds is 7. The number of nitrogens with zero attached hydrogens (tertiary/aromatic N) is 1. The summed E-state index contributed by atoms with van der Waals surface area (Å²) in [4.78, 5) is 11.8. The zero-order valence-electron chi connectivity index (χ0n) is 13.0. The lowest BCUT2D eigenvalue weighted by Crippen LogP contribution is -2.42. The van der Waals surface area contributed by atoms with Crippen molar-refractivity contribution >= 4 is 17.4 Å². The topological polar surface area (TPSA) is 66.3 Å². The van der Waals surface area contributed by atoms with Gasteiger partial charge in [-0.1, -0.05) is 0 Å². The average molecular weight is 321 g/mol. The largest absolute Gasteiger partial charge is 0.387 e. The maximum atomic E-state index is 11.8. The fourth-order valence-electron chi connectivity index (χ4n) is 2.24. The van der Waals surface area contributed by atoms with E-state index in [1.807, 2.05) is 43.1 Å². The summed E-state index contributed by atoms with van der Waals surface area (Å²) >= 11 is 1.53. The van der Waals surface area contributed by atoms with E-state index in [2.05, 4.69) is 21.3 Å². The monoisotopic (exact) mass is 321 g/mol. The van der Waals surface area contributed by atoms with Gasteiger partial charge in [0.15, 0.2) is 0 Å². The normalized spacial score (nSPS) is 13.6. The molecule has 0 spiro atoms. The van der Waals surface area contributed by atoms with Crippen molar-refractivity contribution in [3.8, 4) is 0 Å². The Morgan fingerprint density at radius 2 is 2.27 bits per heavy atom. The van der Waals surface area contributed by atoms with Gasteiger partial charge in [-0.15, -0.1) is 0 Å². The van der Waals surface area contributed by atoms with Crippen molar-refractivity contribution in [2.24, 2.45) is 7.05 Å². The second-order valence-corrected chi connectivity index (χ2v) is 6.26. The Hall–Kier alpha value is -1.79. The first kappa shape index (κ1) is 16.6. The highest BCUT2D eigenvalue weighted by Crippen LogP contribution is 2.14. The van der Waals surface area contributed by atoms with E-state index in [9.17, 15) is 9.90 Å². The van der Waals surface area contributed by atoms with Gasteiger partial charge in [-0.3, -0.25) is 0 Å². The molecule has 2 unspecified atom stereocenters. The van der Waals surface area contributed by atoms with Gasteiger partial charge in [-0.2, -0.15) is 11.3 Å². The molecule has 0 radical (unpaired) electrons. The highest BCUT2D eigenvalue weighted by Gasteiger charge is 2.11. The van der Waals surface area contributed by atoms with E-state index < -0.39 is 6.10 Å². The minimum absolute atomic E-state index is 0.0770. The zero-order chi connectivity index (χ0) is 15.9. The number of aromatic nitrogens is 1. The van der Waals surface area contributed by atoms with Crippen LogP contribution >= 0.6 is 11.3 Å². The van der Waals surface area contributed by atoms with Gasteiger partial charge in [0, 0.05) is 31.5 Å². The molecule has 120 valence electrons. The molecule has 2 aromatic heterocycles. The first-order chi connectivity index (χ1) is 10.6. The molecule has 2 heterocycles. The summed E-state index contributed by atoms with van der Waals surface area (Å²) in [6, 6.07) is 5.80. The molecule has 2 amide bonds. The van der Waals surface area contributed by atoms with Crippen molar-refractivity contribution in [2.45, 2.75) is 31.9 Å². The first-order valence-electron chi connectivity index (χ1n) is 7.41. The molecular weight excluding hydrogens is 298 g/mol. The first-order valence-corrected chi connectivity index (χ1v) is 8.35. The predicted molar refractivity (Wildman–Crippen MR) is 89.0 cm³/mol. The molecule has 0 aliphatic rings. The van der Waals surface area contributed by atoms with E-state index in [0.29, 0.717) is 0 Å². The lowest BCUT2D eigenvalue weighted by molar-refractivity contribution is 0.173. The number of aryl methyl sites for hydroxylation is 2. The number of hydrogen-bond donors (Lipinski definition) is 3. The lowest BCUT2D eigenvalue weighted by Gasteiger charge is -2.16. The highest BCUT2D eigenvalue weighted by molar-refractivity contribution is 7.07. The van der Waals surface area contributed by atoms with Crippen LogP contribution in [0.4, 0.5) is 4.79 Å². The molecule has 0 saturated carbocycles. The molecule has 5 nitrogen and oxygen atoms in total. The summed E-state index contributed by atoms with van der Waals surface area (Å²) in [6.07, 6.45) is 3.16. The molecule has 0 saturated heterocycles. The number of aliphatic hydroxyl groups is 1. The Morgan fingerprint density at radius 3 is 2.91 bits per heavy atom. The zero-order valence-corrected chi connectivity index (χ0v) is 13.8. The standard InChI is InChI=1S/C16H23N3O2S/c1-12(5-6-14-4-3-8-19(14)2)18-16(21)17-10-15(20)13-7-9-22-11-13/h3-4,7-9,11-12,15,20H,5-6,10H2,1-2H3,(H2,17,18,21). The average Bonchev–Trinajstić information content (AvgIpc) is 3.14. The maximum absolute atomic E-state index is 11.8. The molecule has 0 aliphatic heterocycles. The van der Waals surface area contributed by atoms with Crippen molar-refractivity contribution in [3.63, 3.8) is 0 Å². The van der Waals surface area contributed by atoms with Crippen LogP contribution in [0.3, 0.4) is 0 Å². The molecule has 0 aliphatic carbocycles. The molecular formula is C16H23N3O2S. The summed E-state index contributed by atoms with van der Waals surface area (Å²) in [5.74, 6) is 0. The quantitative estimate of drug-likeness (QED) is 0.733. The van der Waals surface area contributed by atoms with Crippen LogP contribution in [0.1, 0.15) is 30.7 Å². The molecule has 2 rings (SSSR count). The lowest BCUT2D eigenvalue weighted by atomic mass is 10.1. The van der Waals surface area contributed by atoms with Crippen molar-refractivity contribution in [3.05, 3.63) is 46.4 Å². The van der Waals surface area contributed by atoms with E-state index in [4.69, 9.17) is 0 Å². The van der Waals surface area contributed by atoms with Gasteiger partial charge < -0.3 is 20.3 Å². The fourth-order valence-corrected chi connectivity index (χ4v) is 2.95. The molecule has 0 bridgehead atoms. The van der Waals surface area contributed by atoms with Crippen LogP contribution in [-0.2, 0) is 13.5 Å². The summed E-state index contributed by atoms with van der Waals surface area (Å²) in [7, 11) is 2.02. The van der Waals surface area contributed by atoms with Crippen LogP contribution in [0.15, 0.2) is 35.2 Å². The van der Waals surface area contributed by atoms with E-state index >= 15 is 0 Å². The van der Waals surface area contributed by atoms with Crippen LogP contribution < -0.4 is 10.6 Å². The third kappa shape index (κ3) is 4.89. The second kappa shape index (κ2) is 8.00. The Kier molecular flexibility index (Phi) is 6.03. The van der Waals surface area contributed by atoms with Crippen LogP contribution in [0.2, 0.25) is 0 Å². The molecule has 22 heavy (non-hydrogen) atoms. The van der Waals surface area contributed by atoms with Crippen molar-refractivity contribution in [2.75, 3.05) is 6.54 Å². The van der Waals surface area contributed by atoms with Crippen molar-refractivity contribution < 1.29 is 9.90 Å². The second-order valence-electron chi connectivity index (χ2n) is 5.48. The van der Waals surface area contributed by atoms with Crippen LogP contribution in [0, 0.1) is 0 Å². The van der Waals surface area contributed by atoms with E-state index in [-0.39, 0.29) is 18.6 Å². The SMILES string of the molecule is CC(CCc1cccn1C)NC(=O)NCC(O)c1ccsc1. The molecule has 0 fully saturated rings. The minimum atomic E-state index is -0.657. The number of carbonyl (C=O) groups is 1.